The maximum Gasteiger partial charge on any atom is 0.308 e. The van der Waals surface area contributed by atoms with Gasteiger partial charge >= 0.3 is 5.97 Å². The molecule has 3 aliphatic rings. The van der Waals surface area contributed by atoms with Gasteiger partial charge in [0.05, 0.1) is 13.0 Å². The number of aliphatic carboxylic acids is 1. The molecule has 3 atom stereocenters. The van der Waals surface area contributed by atoms with Gasteiger partial charge in [-0.1, -0.05) is 68.4 Å². The predicted octanol–water partition coefficient (Wildman–Crippen LogP) is 6.36. The van der Waals surface area contributed by atoms with Gasteiger partial charge in [-0.2, -0.15) is 0 Å². The molecule has 194 valence electrons. The fraction of sp³-hybridized carbons (Fsp3) is 0.406. The summed E-state index contributed by atoms with van der Waals surface area (Å²) in [5.74, 6) is 0.555. The van der Waals surface area contributed by atoms with E-state index in [0.717, 1.165) is 48.5 Å². The summed E-state index contributed by atoms with van der Waals surface area (Å²) in [4.78, 5) is 15.0. The Morgan fingerprint density at radius 3 is 2.38 bits per heavy atom. The molecule has 37 heavy (non-hydrogen) atoms. The van der Waals surface area contributed by atoms with Crippen molar-refractivity contribution in [2.24, 2.45) is 11.8 Å². The second-order valence-corrected chi connectivity index (χ2v) is 10.8. The first-order valence-electron chi connectivity index (χ1n) is 13.5. The second-order valence-electron chi connectivity index (χ2n) is 10.8. The van der Waals surface area contributed by atoms with E-state index in [-0.39, 0.29) is 23.8 Å². The summed E-state index contributed by atoms with van der Waals surface area (Å²) >= 11 is 0. The summed E-state index contributed by atoms with van der Waals surface area (Å²) in [6.45, 7) is 7.01. The molecule has 3 unspecified atom stereocenters. The highest BCUT2D eigenvalue weighted by Crippen LogP contribution is 2.45. The molecule has 3 aliphatic heterocycles. The molecule has 3 fully saturated rings. The van der Waals surface area contributed by atoms with Gasteiger partial charge in [-0.05, 0) is 72.7 Å². The Morgan fingerprint density at radius 2 is 1.70 bits per heavy atom. The number of anilines is 1. The highest BCUT2D eigenvalue weighted by atomic mass is 16.5. The molecule has 5 heteroatoms. The molecule has 0 saturated carbocycles. The van der Waals surface area contributed by atoms with Crippen LogP contribution in [0.4, 0.5) is 5.69 Å². The first-order valence-corrected chi connectivity index (χ1v) is 13.5. The van der Waals surface area contributed by atoms with Crippen molar-refractivity contribution in [3.8, 4) is 5.75 Å². The van der Waals surface area contributed by atoms with E-state index in [9.17, 15) is 9.90 Å². The van der Waals surface area contributed by atoms with Crippen LogP contribution in [0.3, 0.4) is 0 Å². The standard InChI is InChI=1S/C32H38N2O3/c1-21(2)24-12-13-28(37-3)26(18-24)20-33-27-11-7-10-25(19-27)29(22-8-5-4-6-9-22)31-30(32(35)36)23-14-16-34(31)17-15-23/h4-13,18-19,21,23,29-31,33H,14-17,20H2,1-3H3,(H,35,36). The van der Waals surface area contributed by atoms with E-state index < -0.39 is 5.97 Å². The fourth-order valence-electron chi connectivity index (χ4n) is 6.43. The summed E-state index contributed by atoms with van der Waals surface area (Å²) in [7, 11) is 1.71. The maximum absolute atomic E-state index is 12.5. The van der Waals surface area contributed by atoms with Crippen molar-refractivity contribution < 1.29 is 14.6 Å². The number of hydrogen-bond donors (Lipinski definition) is 2. The van der Waals surface area contributed by atoms with Crippen molar-refractivity contribution in [2.45, 2.75) is 51.1 Å². The van der Waals surface area contributed by atoms with Crippen molar-refractivity contribution in [3.63, 3.8) is 0 Å². The molecular weight excluding hydrogens is 460 g/mol. The zero-order valence-corrected chi connectivity index (χ0v) is 22.1. The number of methoxy groups -OCH3 is 1. The largest absolute Gasteiger partial charge is 0.496 e. The molecule has 0 radical (unpaired) electrons. The third kappa shape index (κ3) is 5.24. The van der Waals surface area contributed by atoms with Crippen LogP contribution in [-0.4, -0.2) is 42.2 Å². The van der Waals surface area contributed by atoms with Crippen molar-refractivity contribution in [2.75, 3.05) is 25.5 Å². The highest BCUT2D eigenvalue weighted by Gasteiger charge is 2.49. The molecule has 3 heterocycles. The Hall–Kier alpha value is -3.31. The first-order chi connectivity index (χ1) is 18.0. The summed E-state index contributed by atoms with van der Waals surface area (Å²) in [6, 6.07) is 25.3. The van der Waals surface area contributed by atoms with E-state index in [1.807, 2.05) is 12.1 Å². The Balaban J connectivity index is 1.47. The molecule has 2 N–H and O–H groups in total. The molecule has 0 amide bonds. The summed E-state index contributed by atoms with van der Waals surface area (Å²) in [5, 5.41) is 13.9. The van der Waals surface area contributed by atoms with E-state index in [0.29, 0.717) is 12.5 Å². The van der Waals surface area contributed by atoms with Gasteiger partial charge in [-0.25, -0.2) is 0 Å². The fourth-order valence-corrected chi connectivity index (χ4v) is 6.43. The monoisotopic (exact) mass is 498 g/mol. The number of hydrogen-bond acceptors (Lipinski definition) is 4. The molecule has 3 aromatic carbocycles. The van der Waals surface area contributed by atoms with Crippen LogP contribution in [0.1, 0.15) is 60.8 Å². The number of ether oxygens (including phenoxy) is 1. The normalized spacial score (nSPS) is 23.6. The number of nitrogens with zero attached hydrogens (tertiary/aromatic N) is 1. The van der Waals surface area contributed by atoms with Crippen LogP contribution >= 0.6 is 0 Å². The van der Waals surface area contributed by atoms with Gasteiger partial charge in [-0.15, -0.1) is 0 Å². The first kappa shape index (κ1) is 25.3. The molecule has 0 spiro atoms. The minimum absolute atomic E-state index is 0.00837. The van der Waals surface area contributed by atoms with Crippen LogP contribution in [0.25, 0.3) is 0 Å². The SMILES string of the molecule is COc1ccc(C(C)C)cc1CNc1cccc(C(c2ccccc2)C2C(C(=O)O)C3CCN2CC3)c1. The number of piperidine rings is 3. The summed E-state index contributed by atoms with van der Waals surface area (Å²) in [6.07, 6.45) is 1.96. The number of nitrogens with one attached hydrogen (secondary N) is 1. The van der Waals surface area contributed by atoms with Crippen LogP contribution in [0, 0.1) is 11.8 Å². The summed E-state index contributed by atoms with van der Waals surface area (Å²) < 4.78 is 5.63. The van der Waals surface area contributed by atoms with E-state index >= 15 is 0 Å². The van der Waals surface area contributed by atoms with Crippen molar-refractivity contribution in [1.29, 1.82) is 0 Å². The average molecular weight is 499 g/mol. The van der Waals surface area contributed by atoms with Crippen molar-refractivity contribution in [1.82, 2.24) is 4.90 Å². The number of carboxylic acid groups (broad SMARTS) is 1. The van der Waals surface area contributed by atoms with E-state index in [1.54, 1.807) is 7.11 Å². The minimum Gasteiger partial charge on any atom is -0.496 e. The molecule has 3 aromatic rings. The van der Waals surface area contributed by atoms with Crippen LogP contribution < -0.4 is 10.1 Å². The molecule has 0 aliphatic carbocycles. The maximum atomic E-state index is 12.5. The number of rotatable bonds is 9. The Morgan fingerprint density at radius 1 is 0.973 bits per heavy atom. The zero-order valence-electron chi connectivity index (χ0n) is 22.1. The molecule has 2 bridgehead atoms. The van der Waals surface area contributed by atoms with E-state index in [4.69, 9.17) is 4.74 Å². The molecule has 5 nitrogen and oxygen atoms in total. The van der Waals surface area contributed by atoms with Crippen LogP contribution in [0.5, 0.6) is 5.75 Å². The van der Waals surface area contributed by atoms with Gasteiger partial charge in [0.1, 0.15) is 5.75 Å². The summed E-state index contributed by atoms with van der Waals surface area (Å²) in [5.41, 5.74) is 5.77. The molecule has 3 saturated heterocycles. The van der Waals surface area contributed by atoms with Gasteiger partial charge in [-0.3, -0.25) is 9.69 Å². The van der Waals surface area contributed by atoms with Crippen molar-refractivity contribution >= 4 is 11.7 Å². The third-order valence-corrected chi connectivity index (χ3v) is 8.36. The topological polar surface area (TPSA) is 61.8 Å². The average Bonchev–Trinajstić information content (AvgIpc) is 2.93. The molecular formula is C32H38N2O3. The lowest BCUT2D eigenvalue weighted by Crippen LogP contribution is -2.59. The Bertz CT molecular complexity index is 1220. The third-order valence-electron chi connectivity index (χ3n) is 8.36. The van der Waals surface area contributed by atoms with Gasteiger partial charge in [0.25, 0.3) is 0 Å². The number of benzene rings is 3. The molecule has 0 aromatic heterocycles. The smallest absolute Gasteiger partial charge is 0.308 e. The Kier molecular flexibility index (Phi) is 7.52. The number of fused-ring (bicyclic) bond motifs is 3. The van der Waals surface area contributed by atoms with Crippen LogP contribution in [0.15, 0.2) is 72.8 Å². The van der Waals surface area contributed by atoms with E-state index in [2.05, 4.69) is 84.7 Å². The predicted molar refractivity (Wildman–Crippen MR) is 148 cm³/mol. The quantitative estimate of drug-likeness (QED) is 0.360. The lowest BCUT2D eigenvalue weighted by molar-refractivity contribution is -0.153. The second kappa shape index (κ2) is 11.0. The zero-order chi connectivity index (χ0) is 25.9. The lowest BCUT2D eigenvalue weighted by Gasteiger charge is -2.52. The van der Waals surface area contributed by atoms with E-state index in [1.165, 1.54) is 11.1 Å². The highest BCUT2D eigenvalue weighted by molar-refractivity contribution is 5.72. The van der Waals surface area contributed by atoms with Crippen molar-refractivity contribution in [3.05, 3.63) is 95.1 Å². The van der Waals surface area contributed by atoms with Crippen LogP contribution in [0.2, 0.25) is 0 Å². The van der Waals surface area contributed by atoms with Gasteiger partial charge in [0.2, 0.25) is 0 Å². The molecule has 6 rings (SSSR count). The van der Waals surface area contributed by atoms with Gasteiger partial charge in [0.15, 0.2) is 0 Å². The minimum atomic E-state index is -0.660. The van der Waals surface area contributed by atoms with Gasteiger partial charge in [0, 0.05) is 29.8 Å². The van der Waals surface area contributed by atoms with Crippen LogP contribution in [-0.2, 0) is 11.3 Å². The van der Waals surface area contributed by atoms with Gasteiger partial charge < -0.3 is 15.2 Å². The number of carbonyl (C=O) groups is 1. The number of carboxylic acids is 1. The lowest BCUT2D eigenvalue weighted by atomic mass is 9.67. The Labute approximate surface area is 220 Å².